The van der Waals surface area contributed by atoms with Gasteiger partial charge in [0.15, 0.2) is 11.5 Å². The number of benzene rings is 3. The molecule has 3 rings (SSSR count). The monoisotopic (exact) mass is 510 g/mol. The number of sulfonamides is 1. The third-order valence-corrected chi connectivity index (χ3v) is 7.72. The Labute approximate surface area is 214 Å². The molecule has 36 heavy (non-hydrogen) atoms. The molecule has 0 aliphatic rings. The van der Waals surface area contributed by atoms with E-state index in [1.165, 1.54) is 0 Å². The number of hydrogen-bond donors (Lipinski definition) is 1. The highest BCUT2D eigenvalue weighted by Crippen LogP contribution is 2.28. The Morgan fingerprint density at radius 3 is 2.14 bits per heavy atom. The first-order chi connectivity index (χ1) is 17.1. The molecule has 0 aromatic heterocycles. The van der Waals surface area contributed by atoms with Crippen LogP contribution in [0.2, 0.25) is 0 Å². The second-order valence-corrected chi connectivity index (χ2v) is 10.7. The average Bonchev–Trinajstić information content (AvgIpc) is 2.87. The number of nitrogens with one attached hydrogen (secondary N) is 1. The van der Waals surface area contributed by atoms with Crippen LogP contribution in [0.3, 0.4) is 0 Å². The maximum atomic E-state index is 13.5. The fourth-order valence-corrected chi connectivity index (χ4v) is 5.17. The highest BCUT2D eigenvalue weighted by molar-refractivity contribution is 7.92. The van der Waals surface area contributed by atoms with Crippen molar-refractivity contribution in [1.29, 1.82) is 0 Å². The van der Waals surface area contributed by atoms with Crippen molar-refractivity contribution in [2.75, 3.05) is 31.6 Å². The van der Waals surface area contributed by atoms with Crippen LogP contribution in [-0.4, -0.2) is 41.6 Å². The topological polar surface area (TPSA) is 84.9 Å². The number of anilines is 1. The predicted molar refractivity (Wildman–Crippen MR) is 143 cm³/mol. The molecule has 0 fully saturated rings. The summed E-state index contributed by atoms with van der Waals surface area (Å²) in [6.07, 6.45) is 0.555. The first-order valence-electron chi connectivity index (χ1n) is 11.8. The van der Waals surface area contributed by atoms with E-state index in [1.807, 2.05) is 37.3 Å². The van der Waals surface area contributed by atoms with Gasteiger partial charge in [-0.3, -0.25) is 9.10 Å². The summed E-state index contributed by atoms with van der Waals surface area (Å²) < 4.78 is 38.8. The molecular formula is C28H34N2O5S. The fraction of sp³-hybridized carbons (Fsp3) is 0.321. The molecule has 0 bridgehead atoms. The van der Waals surface area contributed by atoms with Gasteiger partial charge in [-0.05, 0) is 66.8 Å². The molecule has 0 saturated carbocycles. The molecule has 0 heterocycles. The van der Waals surface area contributed by atoms with Crippen molar-refractivity contribution in [3.63, 3.8) is 0 Å². The Bertz CT molecular complexity index is 1270. The minimum atomic E-state index is -3.95. The number of aryl methyl sites for hydroxylation is 1. The summed E-state index contributed by atoms with van der Waals surface area (Å²) in [5.74, 6) is 1.16. The fourth-order valence-electron chi connectivity index (χ4n) is 3.75. The van der Waals surface area contributed by atoms with Crippen LogP contribution in [0.25, 0.3) is 0 Å². The summed E-state index contributed by atoms with van der Waals surface area (Å²) in [5, 5.41) is 2.84. The van der Waals surface area contributed by atoms with Crippen molar-refractivity contribution >= 4 is 21.6 Å². The average molecular weight is 511 g/mol. The van der Waals surface area contributed by atoms with Crippen molar-refractivity contribution in [3.05, 3.63) is 83.4 Å². The van der Waals surface area contributed by atoms with Crippen LogP contribution in [0.5, 0.6) is 11.5 Å². The molecular weight excluding hydrogens is 476 g/mol. The Morgan fingerprint density at radius 2 is 1.56 bits per heavy atom. The van der Waals surface area contributed by atoms with Gasteiger partial charge in [-0.25, -0.2) is 8.42 Å². The zero-order valence-electron chi connectivity index (χ0n) is 21.4. The van der Waals surface area contributed by atoms with Crippen LogP contribution < -0.4 is 19.1 Å². The van der Waals surface area contributed by atoms with Crippen LogP contribution >= 0.6 is 0 Å². The van der Waals surface area contributed by atoms with Crippen LogP contribution in [-0.2, 0) is 21.2 Å². The molecule has 192 valence electrons. The molecule has 0 unspecified atom stereocenters. The molecule has 1 N–H and O–H groups in total. The normalized spacial score (nSPS) is 11.3. The third-order valence-electron chi connectivity index (χ3n) is 5.93. The summed E-state index contributed by atoms with van der Waals surface area (Å²) in [4.78, 5) is 13.0. The zero-order chi connectivity index (χ0) is 26.3. The van der Waals surface area contributed by atoms with Gasteiger partial charge in [0.2, 0.25) is 5.91 Å². The number of carbonyl (C=O) groups excluding carboxylic acids is 1. The van der Waals surface area contributed by atoms with E-state index in [0.29, 0.717) is 36.1 Å². The molecule has 3 aromatic carbocycles. The molecule has 7 nitrogen and oxygen atoms in total. The van der Waals surface area contributed by atoms with Crippen LogP contribution in [0.1, 0.15) is 36.5 Å². The van der Waals surface area contributed by atoms with Gasteiger partial charge in [0.05, 0.1) is 24.8 Å². The van der Waals surface area contributed by atoms with Crippen LogP contribution in [0.15, 0.2) is 71.6 Å². The minimum Gasteiger partial charge on any atom is -0.493 e. The van der Waals surface area contributed by atoms with Gasteiger partial charge in [0.1, 0.15) is 6.54 Å². The molecule has 0 aliphatic carbocycles. The van der Waals surface area contributed by atoms with E-state index in [1.54, 1.807) is 50.6 Å². The summed E-state index contributed by atoms with van der Waals surface area (Å²) >= 11 is 0. The second kappa shape index (κ2) is 11.9. The van der Waals surface area contributed by atoms with Gasteiger partial charge in [-0.2, -0.15) is 0 Å². The van der Waals surface area contributed by atoms with Crippen molar-refractivity contribution in [3.8, 4) is 11.5 Å². The molecule has 0 saturated heterocycles. The van der Waals surface area contributed by atoms with Crippen molar-refractivity contribution in [2.45, 2.75) is 38.0 Å². The SMILES string of the molecule is COc1ccc(CCNC(=O)CN(c2ccc(C(C)C)cc2)S(=O)(=O)c2ccc(C)cc2)cc1OC. The van der Waals surface area contributed by atoms with Gasteiger partial charge in [0, 0.05) is 6.54 Å². The number of rotatable bonds is 11. The molecule has 0 spiro atoms. The maximum Gasteiger partial charge on any atom is 0.264 e. The standard InChI is InChI=1S/C28H34N2O5S/c1-20(2)23-9-11-24(12-10-23)30(36(32,33)25-13-6-21(3)7-14-25)19-28(31)29-17-16-22-8-15-26(34-4)27(18-22)35-5/h6-15,18,20H,16-17,19H2,1-5H3,(H,29,31). The lowest BCUT2D eigenvalue weighted by Crippen LogP contribution is -2.41. The lowest BCUT2D eigenvalue weighted by atomic mass is 10.0. The molecule has 3 aromatic rings. The lowest BCUT2D eigenvalue weighted by molar-refractivity contribution is -0.119. The maximum absolute atomic E-state index is 13.5. The van der Waals surface area contributed by atoms with Gasteiger partial charge < -0.3 is 14.8 Å². The van der Waals surface area contributed by atoms with E-state index in [0.717, 1.165) is 21.0 Å². The summed E-state index contributed by atoms with van der Waals surface area (Å²) in [6.45, 7) is 6.05. The molecule has 1 amide bonds. The number of hydrogen-bond acceptors (Lipinski definition) is 5. The summed E-state index contributed by atoms with van der Waals surface area (Å²) in [5.41, 5.74) is 3.44. The van der Waals surface area contributed by atoms with E-state index in [-0.39, 0.29) is 17.3 Å². The number of amides is 1. The van der Waals surface area contributed by atoms with Crippen molar-refractivity contribution in [1.82, 2.24) is 5.32 Å². The first-order valence-corrected chi connectivity index (χ1v) is 13.3. The predicted octanol–water partition coefficient (Wildman–Crippen LogP) is 4.69. The van der Waals surface area contributed by atoms with Crippen molar-refractivity contribution in [2.24, 2.45) is 0 Å². The van der Waals surface area contributed by atoms with Gasteiger partial charge in [-0.15, -0.1) is 0 Å². The summed E-state index contributed by atoms with van der Waals surface area (Å²) in [7, 11) is -0.807. The smallest absolute Gasteiger partial charge is 0.264 e. The molecule has 0 radical (unpaired) electrons. The van der Waals surface area contributed by atoms with Gasteiger partial charge >= 0.3 is 0 Å². The largest absolute Gasteiger partial charge is 0.493 e. The minimum absolute atomic E-state index is 0.138. The number of nitrogens with zero attached hydrogens (tertiary/aromatic N) is 1. The van der Waals surface area contributed by atoms with Crippen LogP contribution in [0.4, 0.5) is 5.69 Å². The van der Waals surface area contributed by atoms with Gasteiger partial charge in [0.25, 0.3) is 10.0 Å². The van der Waals surface area contributed by atoms with E-state index in [2.05, 4.69) is 19.2 Å². The highest BCUT2D eigenvalue weighted by atomic mass is 32.2. The molecule has 0 atom stereocenters. The number of methoxy groups -OCH3 is 2. The van der Waals surface area contributed by atoms with E-state index >= 15 is 0 Å². The Kier molecular flexibility index (Phi) is 8.98. The second-order valence-electron chi connectivity index (χ2n) is 8.86. The lowest BCUT2D eigenvalue weighted by Gasteiger charge is -2.24. The Balaban J connectivity index is 1.77. The first kappa shape index (κ1) is 27.1. The van der Waals surface area contributed by atoms with E-state index < -0.39 is 10.0 Å². The van der Waals surface area contributed by atoms with Crippen LogP contribution in [0, 0.1) is 6.92 Å². The number of carbonyl (C=O) groups is 1. The van der Waals surface area contributed by atoms with Gasteiger partial charge in [-0.1, -0.05) is 49.7 Å². The summed E-state index contributed by atoms with van der Waals surface area (Å²) in [6, 6.07) is 19.5. The Morgan fingerprint density at radius 1 is 0.917 bits per heavy atom. The van der Waals surface area contributed by atoms with E-state index in [4.69, 9.17) is 9.47 Å². The third kappa shape index (κ3) is 6.57. The zero-order valence-corrected chi connectivity index (χ0v) is 22.3. The number of ether oxygens (including phenoxy) is 2. The van der Waals surface area contributed by atoms with E-state index in [9.17, 15) is 13.2 Å². The Hall–Kier alpha value is -3.52. The highest BCUT2D eigenvalue weighted by Gasteiger charge is 2.27. The van der Waals surface area contributed by atoms with Crippen molar-refractivity contribution < 1.29 is 22.7 Å². The molecule has 8 heteroatoms. The molecule has 0 aliphatic heterocycles. The quantitative estimate of drug-likeness (QED) is 0.405.